The molecule has 0 radical (unpaired) electrons. The number of ether oxygens (including phenoxy) is 2. The third-order valence-electron chi connectivity index (χ3n) is 5.25. The van der Waals surface area contributed by atoms with E-state index in [1.165, 1.54) is 7.11 Å². The van der Waals surface area contributed by atoms with Crippen LogP contribution in [0.1, 0.15) is 37.4 Å². The molecule has 1 unspecified atom stereocenters. The number of benzene rings is 2. The van der Waals surface area contributed by atoms with Gasteiger partial charge in [0, 0.05) is 26.5 Å². The van der Waals surface area contributed by atoms with Gasteiger partial charge >= 0.3 is 5.97 Å². The van der Waals surface area contributed by atoms with E-state index in [1.807, 2.05) is 49.4 Å². The summed E-state index contributed by atoms with van der Waals surface area (Å²) >= 11 is 11.2. The maximum atomic E-state index is 12.9. The molecular formula is C24H24BrClN4O3S. The van der Waals surface area contributed by atoms with Crippen molar-refractivity contribution >= 4 is 51.2 Å². The normalized spacial score (nSPS) is 15.0. The fourth-order valence-electron chi connectivity index (χ4n) is 3.65. The Kier molecular flexibility index (Phi) is 7.85. The Morgan fingerprint density at radius 1 is 1.26 bits per heavy atom. The Morgan fingerprint density at radius 3 is 2.74 bits per heavy atom. The molecule has 0 bridgehead atoms. The lowest BCUT2D eigenvalue weighted by atomic mass is 9.95. The molecule has 1 N–H and O–H groups in total. The molecule has 1 aliphatic heterocycles. The lowest BCUT2D eigenvalue weighted by Crippen LogP contribution is -2.29. The van der Waals surface area contributed by atoms with Crippen molar-refractivity contribution in [1.82, 2.24) is 14.8 Å². The monoisotopic (exact) mass is 562 g/mol. The second-order valence-corrected chi connectivity index (χ2v) is 10.1. The van der Waals surface area contributed by atoms with Gasteiger partial charge in [-0.15, -0.1) is 5.10 Å². The van der Waals surface area contributed by atoms with Crippen LogP contribution >= 0.6 is 39.3 Å². The Bertz CT molecular complexity index is 1230. The Labute approximate surface area is 216 Å². The SMILES string of the molecule is CCCSc1nc2n(n1)C(c1cc(Br)ccc1OCc1ccc(Cl)cc1)C(C(=O)OC)=C(C)N2. The highest BCUT2D eigenvalue weighted by Gasteiger charge is 2.36. The lowest BCUT2D eigenvalue weighted by molar-refractivity contribution is -0.136. The number of fused-ring (bicyclic) bond motifs is 1. The van der Waals surface area contributed by atoms with Crippen molar-refractivity contribution in [3.63, 3.8) is 0 Å². The molecule has 4 rings (SSSR count). The molecule has 0 saturated heterocycles. The zero-order valence-electron chi connectivity index (χ0n) is 19.0. The average molecular weight is 564 g/mol. The van der Waals surface area contributed by atoms with E-state index >= 15 is 0 Å². The summed E-state index contributed by atoms with van der Waals surface area (Å²) in [5.41, 5.74) is 2.85. The van der Waals surface area contributed by atoms with Gasteiger partial charge < -0.3 is 14.8 Å². The summed E-state index contributed by atoms with van der Waals surface area (Å²) in [7, 11) is 1.37. The minimum absolute atomic E-state index is 0.342. The van der Waals surface area contributed by atoms with Crippen LogP contribution in [0.3, 0.4) is 0 Å². The van der Waals surface area contributed by atoms with Gasteiger partial charge in [0.05, 0.1) is 12.7 Å². The number of halogens is 2. The van der Waals surface area contributed by atoms with Crippen LogP contribution in [0.4, 0.5) is 5.95 Å². The van der Waals surface area contributed by atoms with E-state index in [1.54, 1.807) is 16.4 Å². The van der Waals surface area contributed by atoms with Crippen molar-refractivity contribution in [2.24, 2.45) is 0 Å². The minimum atomic E-state index is -0.579. The second kappa shape index (κ2) is 10.8. The van der Waals surface area contributed by atoms with E-state index < -0.39 is 12.0 Å². The van der Waals surface area contributed by atoms with Gasteiger partial charge in [0.2, 0.25) is 11.1 Å². The molecule has 0 spiro atoms. The summed E-state index contributed by atoms with van der Waals surface area (Å²) in [5, 5.41) is 9.25. The first-order chi connectivity index (χ1) is 16.4. The third kappa shape index (κ3) is 5.26. The van der Waals surface area contributed by atoms with Gasteiger partial charge in [0.15, 0.2) is 0 Å². The Balaban J connectivity index is 1.78. The molecule has 3 aromatic rings. The second-order valence-electron chi connectivity index (χ2n) is 7.67. The molecule has 2 heterocycles. The number of rotatable bonds is 8. The van der Waals surface area contributed by atoms with E-state index in [-0.39, 0.29) is 0 Å². The van der Waals surface area contributed by atoms with Crippen molar-refractivity contribution in [3.8, 4) is 5.75 Å². The standard InChI is InChI=1S/C24H24BrClN4O3S/c1-4-11-34-24-28-23-27-14(2)20(22(31)32-3)21(30(23)29-24)18-12-16(25)7-10-19(18)33-13-15-5-8-17(26)9-6-15/h5-10,12,21H,4,11,13H2,1-3H3,(H,27,28,29). The smallest absolute Gasteiger partial charge is 0.338 e. The number of hydrogen-bond donors (Lipinski definition) is 1. The molecule has 0 amide bonds. The topological polar surface area (TPSA) is 78.3 Å². The van der Waals surface area contributed by atoms with Crippen LogP contribution in [0.5, 0.6) is 5.75 Å². The molecule has 34 heavy (non-hydrogen) atoms. The molecule has 1 aromatic heterocycles. The van der Waals surface area contributed by atoms with Gasteiger partial charge in [0.25, 0.3) is 0 Å². The fraction of sp³-hybridized carbons (Fsp3) is 0.292. The summed E-state index contributed by atoms with van der Waals surface area (Å²) in [6.45, 7) is 4.29. The summed E-state index contributed by atoms with van der Waals surface area (Å²) in [4.78, 5) is 17.5. The first-order valence-electron chi connectivity index (χ1n) is 10.7. The molecule has 2 aromatic carbocycles. The van der Waals surface area contributed by atoms with E-state index in [2.05, 4.69) is 33.2 Å². The van der Waals surface area contributed by atoms with E-state index in [9.17, 15) is 4.79 Å². The quantitative estimate of drug-likeness (QED) is 0.257. The predicted octanol–water partition coefficient (Wildman–Crippen LogP) is 6.24. The van der Waals surface area contributed by atoms with Crippen molar-refractivity contribution < 1.29 is 14.3 Å². The number of hydrogen-bond acceptors (Lipinski definition) is 7. The molecule has 1 aliphatic rings. The zero-order valence-corrected chi connectivity index (χ0v) is 22.1. The van der Waals surface area contributed by atoms with Gasteiger partial charge in [0.1, 0.15) is 18.4 Å². The molecule has 0 fully saturated rings. The zero-order chi connectivity index (χ0) is 24.2. The van der Waals surface area contributed by atoms with E-state index in [0.717, 1.165) is 27.8 Å². The van der Waals surface area contributed by atoms with Gasteiger partial charge in [-0.3, -0.25) is 0 Å². The Hall–Kier alpha value is -2.49. The maximum absolute atomic E-state index is 12.9. The van der Waals surface area contributed by atoms with Gasteiger partial charge in [-0.25, -0.2) is 9.48 Å². The molecule has 1 atom stereocenters. The van der Waals surface area contributed by atoms with Crippen LogP contribution in [0.2, 0.25) is 5.02 Å². The highest BCUT2D eigenvalue weighted by Crippen LogP contribution is 2.41. The molecule has 0 aliphatic carbocycles. The minimum Gasteiger partial charge on any atom is -0.489 e. The largest absolute Gasteiger partial charge is 0.489 e. The number of thioether (sulfide) groups is 1. The summed E-state index contributed by atoms with van der Waals surface area (Å²) in [6, 6.07) is 12.6. The number of anilines is 1. The molecule has 178 valence electrons. The molecule has 7 nitrogen and oxygen atoms in total. The summed E-state index contributed by atoms with van der Waals surface area (Å²) < 4.78 is 14.0. The van der Waals surface area contributed by atoms with Crippen LogP contribution in [-0.2, 0) is 16.1 Å². The number of methoxy groups -OCH3 is 1. The molecular weight excluding hydrogens is 540 g/mol. The highest BCUT2D eigenvalue weighted by molar-refractivity contribution is 9.10. The first-order valence-corrected chi connectivity index (χ1v) is 12.9. The first kappa shape index (κ1) is 24.6. The number of esters is 1. The molecule has 0 saturated carbocycles. The van der Waals surface area contributed by atoms with Crippen LogP contribution in [0, 0.1) is 0 Å². The van der Waals surface area contributed by atoms with Crippen molar-refractivity contribution in [1.29, 1.82) is 0 Å². The summed E-state index contributed by atoms with van der Waals surface area (Å²) in [6.07, 6.45) is 1.00. The van der Waals surface area contributed by atoms with Gasteiger partial charge in [-0.05, 0) is 49.2 Å². The van der Waals surface area contributed by atoms with Crippen LogP contribution in [0.25, 0.3) is 0 Å². The number of aromatic nitrogens is 3. The van der Waals surface area contributed by atoms with E-state index in [0.29, 0.717) is 39.8 Å². The van der Waals surface area contributed by atoms with Crippen LogP contribution in [0.15, 0.2) is 63.4 Å². The number of carbonyl (C=O) groups is 1. The van der Waals surface area contributed by atoms with E-state index in [4.69, 9.17) is 26.2 Å². The predicted molar refractivity (Wildman–Crippen MR) is 137 cm³/mol. The van der Waals surface area contributed by atoms with Crippen LogP contribution in [-0.4, -0.2) is 33.6 Å². The lowest BCUT2D eigenvalue weighted by Gasteiger charge is -2.29. The van der Waals surface area contributed by atoms with Crippen LogP contribution < -0.4 is 10.1 Å². The van der Waals surface area contributed by atoms with Gasteiger partial charge in [-0.2, -0.15) is 4.98 Å². The highest BCUT2D eigenvalue weighted by atomic mass is 79.9. The van der Waals surface area contributed by atoms with Crippen molar-refractivity contribution in [2.75, 3.05) is 18.2 Å². The van der Waals surface area contributed by atoms with Gasteiger partial charge in [-0.1, -0.05) is 58.3 Å². The third-order valence-corrected chi connectivity index (χ3v) is 7.04. The van der Waals surface area contributed by atoms with Crippen molar-refractivity contribution in [2.45, 2.75) is 38.1 Å². The summed E-state index contributed by atoms with van der Waals surface area (Å²) in [5.74, 6) is 1.65. The number of nitrogens with one attached hydrogen (secondary N) is 1. The number of allylic oxidation sites excluding steroid dienone is 1. The number of carbonyl (C=O) groups excluding carboxylic acids is 1. The van der Waals surface area contributed by atoms with Crippen molar-refractivity contribution in [3.05, 3.63) is 74.4 Å². The Morgan fingerprint density at radius 2 is 2.03 bits per heavy atom. The maximum Gasteiger partial charge on any atom is 0.338 e. The molecule has 10 heteroatoms. The average Bonchev–Trinajstić information content (AvgIpc) is 3.23. The fourth-order valence-corrected chi connectivity index (χ4v) is 4.84. The number of nitrogens with zero attached hydrogens (tertiary/aromatic N) is 3.